The first-order valence-electron chi connectivity index (χ1n) is 8.69. The SMILES string of the molecule is CCOCc1ccccc1CNC(=O)Nc1cccc(-c2nnnn2C)c1. The monoisotopic (exact) mass is 366 g/mol. The number of ether oxygens (including phenoxy) is 1. The number of hydrogen-bond donors (Lipinski definition) is 2. The van der Waals surface area contributed by atoms with Gasteiger partial charge >= 0.3 is 6.03 Å². The summed E-state index contributed by atoms with van der Waals surface area (Å²) in [6.45, 7) is 3.56. The van der Waals surface area contributed by atoms with E-state index in [9.17, 15) is 4.79 Å². The van der Waals surface area contributed by atoms with Gasteiger partial charge in [0.25, 0.3) is 0 Å². The number of aromatic nitrogens is 4. The lowest BCUT2D eigenvalue weighted by atomic mass is 10.1. The summed E-state index contributed by atoms with van der Waals surface area (Å²) < 4.78 is 7.05. The van der Waals surface area contributed by atoms with Gasteiger partial charge in [0.2, 0.25) is 0 Å². The number of aryl methyl sites for hydroxylation is 1. The van der Waals surface area contributed by atoms with Crippen LogP contribution in [0, 0.1) is 0 Å². The van der Waals surface area contributed by atoms with Crippen molar-refractivity contribution in [2.24, 2.45) is 7.05 Å². The number of nitrogens with zero attached hydrogens (tertiary/aromatic N) is 4. The molecule has 2 aromatic carbocycles. The van der Waals surface area contributed by atoms with Crippen molar-refractivity contribution < 1.29 is 9.53 Å². The van der Waals surface area contributed by atoms with Crippen LogP contribution in [0.1, 0.15) is 18.1 Å². The van der Waals surface area contributed by atoms with E-state index in [4.69, 9.17) is 4.74 Å². The van der Waals surface area contributed by atoms with Gasteiger partial charge < -0.3 is 15.4 Å². The number of carbonyl (C=O) groups excluding carboxylic acids is 1. The fourth-order valence-corrected chi connectivity index (χ4v) is 2.64. The summed E-state index contributed by atoms with van der Waals surface area (Å²) in [6.07, 6.45) is 0. The van der Waals surface area contributed by atoms with Gasteiger partial charge in [-0.05, 0) is 40.6 Å². The number of anilines is 1. The molecule has 0 atom stereocenters. The van der Waals surface area contributed by atoms with E-state index < -0.39 is 0 Å². The van der Waals surface area contributed by atoms with Crippen molar-refractivity contribution in [2.75, 3.05) is 11.9 Å². The lowest BCUT2D eigenvalue weighted by Crippen LogP contribution is -2.28. The average molecular weight is 366 g/mol. The lowest BCUT2D eigenvalue weighted by molar-refractivity contribution is 0.133. The zero-order chi connectivity index (χ0) is 19.1. The predicted molar refractivity (Wildman–Crippen MR) is 102 cm³/mol. The summed E-state index contributed by atoms with van der Waals surface area (Å²) in [5.74, 6) is 0.629. The van der Waals surface area contributed by atoms with E-state index in [1.54, 1.807) is 11.7 Å². The smallest absolute Gasteiger partial charge is 0.319 e. The average Bonchev–Trinajstić information content (AvgIpc) is 3.11. The topological polar surface area (TPSA) is 94.0 Å². The van der Waals surface area contributed by atoms with Gasteiger partial charge in [0.05, 0.1) is 6.61 Å². The van der Waals surface area contributed by atoms with Crippen LogP contribution in [0.3, 0.4) is 0 Å². The molecule has 0 spiro atoms. The van der Waals surface area contributed by atoms with Crippen LogP contribution >= 0.6 is 0 Å². The van der Waals surface area contributed by atoms with Crippen molar-refractivity contribution in [3.8, 4) is 11.4 Å². The maximum Gasteiger partial charge on any atom is 0.319 e. The molecule has 0 fully saturated rings. The Bertz CT molecular complexity index is 908. The number of carbonyl (C=O) groups is 1. The van der Waals surface area contributed by atoms with Gasteiger partial charge in [-0.15, -0.1) is 5.10 Å². The molecule has 8 nitrogen and oxygen atoms in total. The third-order valence-corrected chi connectivity index (χ3v) is 4.02. The fraction of sp³-hybridized carbons (Fsp3) is 0.263. The molecular formula is C19H22N6O2. The largest absolute Gasteiger partial charge is 0.377 e. The van der Waals surface area contributed by atoms with Gasteiger partial charge in [0.1, 0.15) is 0 Å². The third-order valence-electron chi connectivity index (χ3n) is 4.02. The summed E-state index contributed by atoms with van der Waals surface area (Å²) in [6, 6.07) is 15.0. The molecule has 3 aromatic rings. The minimum Gasteiger partial charge on any atom is -0.377 e. The number of urea groups is 1. The van der Waals surface area contributed by atoms with Crippen LogP contribution in [0.2, 0.25) is 0 Å². The zero-order valence-electron chi connectivity index (χ0n) is 15.3. The van der Waals surface area contributed by atoms with Crippen LogP contribution in [0.5, 0.6) is 0 Å². The van der Waals surface area contributed by atoms with Crippen molar-refractivity contribution in [1.29, 1.82) is 0 Å². The number of tetrazole rings is 1. The predicted octanol–water partition coefficient (Wildman–Crippen LogP) is 2.74. The number of nitrogens with one attached hydrogen (secondary N) is 2. The second-order valence-corrected chi connectivity index (χ2v) is 5.92. The Labute approximate surface area is 157 Å². The number of amides is 2. The van der Waals surface area contributed by atoms with Gasteiger partial charge in [-0.25, -0.2) is 9.48 Å². The molecule has 1 heterocycles. The first-order valence-corrected chi connectivity index (χ1v) is 8.69. The van der Waals surface area contributed by atoms with Crippen molar-refractivity contribution in [3.05, 3.63) is 59.7 Å². The zero-order valence-corrected chi connectivity index (χ0v) is 15.3. The maximum absolute atomic E-state index is 12.3. The van der Waals surface area contributed by atoms with Crippen LogP contribution in [0.4, 0.5) is 10.5 Å². The fourth-order valence-electron chi connectivity index (χ4n) is 2.64. The Morgan fingerprint density at radius 2 is 1.96 bits per heavy atom. The molecule has 140 valence electrons. The molecule has 0 aliphatic heterocycles. The Morgan fingerprint density at radius 3 is 2.70 bits per heavy atom. The van der Waals surface area contributed by atoms with Gasteiger partial charge in [-0.3, -0.25) is 0 Å². The highest BCUT2D eigenvalue weighted by Gasteiger charge is 2.09. The van der Waals surface area contributed by atoms with E-state index >= 15 is 0 Å². The molecule has 0 saturated heterocycles. The van der Waals surface area contributed by atoms with E-state index in [0.717, 1.165) is 16.7 Å². The van der Waals surface area contributed by atoms with Crippen molar-refractivity contribution in [2.45, 2.75) is 20.1 Å². The van der Waals surface area contributed by atoms with E-state index in [1.807, 2.05) is 55.5 Å². The molecule has 0 saturated carbocycles. The standard InChI is InChI=1S/C19H22N6O2/c1-3-27-13-16-8-5-4-7-15(16)12-20-19(26)21-17-10-6-9-14(11-17)18-22-23-24-25(18)2/h4-11H,3,12-13H2,1-2H3,(H2,20,21,26). The number of benzene rings is 2. The highest BCUT2D eigenvalue weighted by atomic mass is 16.5. The van der Waals surface area contributed by atoms with Gasteiger partial charge in [-0.1, -0.05) is 36.4 Å². The van der Waals surface area contributed by atoms with Crippen LogP contribution in [0.15, 0.2) is 48.5 Å². The maximum atomic E-state index is 12.3. The molecule has 0 radical (unpaired) electrons. The molecule has 27 heavy (non-hydrogen) atoms. The normalized spacial score (nSPS) is 10.6. The summed E-state index contributed by atoms with van der Waals surface area (Å²) in [7, 11) is 1.77. The van der Waals surface area contributed by atoms with Gasteiger partial charge in [-0.2, -0.15) is 0 Å². The first kappa shape index (κ1) is 18.5. The Morgan fingerprint density at radius 1 is 1.15 bits per heavy atom. The highest BCUT2D eigenvalue weighted by Crippen LogP contribution is 2.19. The molecule has 0 aliphatic carbocycles. The number of hydrogen-bond acceptors (Lipinski definition) is 5. The molecular weight excluding hydrogens is 344 g/mol. The Balaban J connectivity index is 1.61. The molecule has 2 amide bonds. The van der Waals surface area contributed by atoms with Crippen LogP contribution in [-0.2, 0) is 24.9 Å². The molecule has 0 unspecified atom stereocenters. The second-order valence-electron chi connectivity index (χ2n) is 5.92. The van der Waals surface area contributed by atoms with Gasteiger partial charge in [0, 0.05) is 31.5 Å². The van der Waals surface area contributed by atoms with Crippen molar-refractivity contribution in [1.82, 2.24) is 25.5 Å². The molecule has 0 aliphatic rings. The molecule has 3 rings (SSSR count). The van der Waals surface area contributed by atoms with Crippen LogP contribution in [0.25, 0.3) is 11.4 Å². The Hall–Kier alpha value is -3.26. The quantitative estimate of drug-likeness (QED) is 0.670. The van der Waals surface area contributed by atoms with Crippen molar-refractivity contribution in [3.63, 3.8) is 0 Å². The minimum absolute atomic E-state index is 0.283. The summed E-state index contributed by atoms with van der Waals surface area (Å²) in [5, 5.41) is 17.2. The van der Waals surface area contributed by atoms with E-state index in [1.165, 1.54) is 0 Å². The van der Waals surface area contributed by atoms with E-state index in [2.05, 4.69) is 26.2 Å². The molecule has 2 N–H and O–H groups in total. The van der Waals surface area contributed by atoms with Crippen LogP contribution in [-0.4, -0.2) is 32.8 Å². The Kier molecular flexibility index (Phi) is 6.11. The van der Waals surface area contributed by atoms with Crippen molar-refractivity contribution >= 4 is 11.7 Å². The highest BCUT2D eigenvalue weighted by molar-refractivity contribution is 5.89. The molecule has 1 aromatic heterocycles. The molecule has 8 heteroatoms. The summed E-state index contributed by atoms with van der Waals surface area (Å²) in [5.41, 5.74) is 3.58. The summed E-state index contributed by atoms with van der Waals surface area (Å²) >= 11 is 0. The van der Waals surface area contributed by atoms with Crippen LogP contribution < -0.4 is 10.6 Å². The lowest BCUT2D eigenvalue weighted by Gasteiger charge is -2.12. The second kappa shape index (κ2) is 8.91. The minimum atomic E-state index is -0.283. The van der Waals surface area contributed by atoms with E-state index in [0.29, 0.717) is 31.3 Å². The molecule has 0 bridgehead atoms. The summed E-state index contributed by atoms with van der Waals surface area (Å²) in [4.78, 5) is 12.3. The number of rotatable bonds is 7. The third kappa shape index (κ3) is 4.89. The first-order chi connectivity index (χ1) is 13.2. The van der Waals surface area contributed by atoms with E-state index in [-0.39, 0.29) is 6.03 Å². The van der Waals surface area contributed by atoms with Gasteiger partial charge in [0.15, 0.2) is 5.82 Å².